The summed E-state index contributed by atoms with van der Waals surface area (Å²) in [5.74, 6) is 0.868. The minimum atomic E-state index is 0.486. The summed E-state index contributed by atoms with van der Waals surface area (Å²) in [6.45, 7) is 6.00. The van der Waals surface area contributed by atoms with Gasteiger partial charge >= 0.3 is 0 Å². The number of piperidine rings is 1. The summed E-state index contributed by atoms with van der Waals surface area (Å²) in [7, 11) is 0. The molecule has 0 aromatic heterocycles. The first-order chi connectivity index (χ1) is 7.20. The van der Waals surface area contributed by atoms with Crippen LogP contribution in [0.15, 0.2) is 0 Å². The van der Waals surface area contributed by atoms with Gasteiger partial charge in [-0.3, -0.25) is 4.90 Å². The van der Waals surface area contributed by atoms with Crippen LogP contribution in [0.2, 0.25) is 0 Å². The molecule has 2 fully saturated rings. The van der Waals surface area contributed by atoms with E-state index < -0.39 is 0 Å². The summed E-state index contributed by atoms with van der Waals surface area (Å²) in [6.07, 6.45) is 7.99. The monoisotopic (exact) mass is 210 g/mol. The van der Waals surface area contributed by atoms with Crippen molar-refractivity contribution in [2.45, 2.75) is 70.5 Å². The van der Waals surface area contributed by atoms with Gasteiger partial charge in [-0.05, 0) is 38.0 Å². The second-order valence-corrected chi connectivity index (χ2v) is 5.71. The topological polar surface area (TPSA) is 29.3 Å². The van der Waals surface area contributed by atoms with Gasteiger partial charge in [0.2, 0.25) is 0 Å². The Morgan fingerprint density at radius 3 is 2.40 bits per heavy atom. The molecule has 88 valence electrons. The van der Waals surface area contributed by atoms with Gasteiger partial charge in [0.15, 0.2) is 0 Å². The Morgan fingerprint density at radius 1 is 1.27 bits per heavy atom. The van der Waals surface area contributed by atoms with Gasteiger partial charge in [-0.15, -0.1) is 0 Å². The van der Waals surface area contributed by atoms with E-state index in [1.165, 1.54) is 45.1 Å². The molecule has 2 bridgehead atoms. The molecular weight excluding hydrogens is 184 g/mol. The maximum Gasteiger partial charge on any atom is 0.0114 e. The zero-order chi connectivity index (χ0) is 10.8. The van der Waals surface area contributed by atoms with Crippen molar-refractivity contribution in [3.05, 3.63) is 0 Å². The van der Waals surface area contributed by atoms with Crippen LogP contribution in [0.3, 0.4) is 0 Å². The molecule has 2 aliphatic rings. The van der Waals surface area contributed by atoms with Crippen molar-refractivity contribution >= 4 is 0 Å². The molecule has 0 radical (unpaired) electrons. The van der Waals surface area contributed by atoms with Gasteiger partial charge in [0.05, 0.1) is 0 Å². The Hall–Kier alpha value is -0.0800. The average Bonchev–Trinajstić information content (AvgIpc) is 2.44. The van der Waals surface area contributed by atoms with Crippen LogP contribution in [0.1, 0.15) is 52.4 Å². The smallest absolute Gasteiger partial charge is 0.0114 e. The van der Waals surface area contributed by atoms with E-state index >= 15 is 0 Å². The van der Waals surface area contributed by atoms with Crippen molar-refractivity contribution in [1.29, 1.82) is 0 Å². The van der Waals surface area contributed by atoms with Crippen LogP contribution >= 0.6 is 0 Å². The minimum absolute atomic E-state index is 0.486. The molecule has 0 spiro atoms. The predicted octanol–water partition coefficient (Wildman–Crippen LogP) is 2.38. The fourth-order valence-corrected chi connectivity index (χ4v) is 3.56. The molecule has 0 aromatic rings. The molecule has 0 amide bonds. The van der Waals surface area contributed by atoms with Gasteiger partial charge in [-0.25, -0.2) is 0 Å². The molecule has 3 unspecified atom stereocenters. The van der Waals surface area contributed by atoms with E-state index in [1.807, 2.05) is 0 Å². The first-order valence-electron chi connectivity index (χ1n) is 6.72. The standard InChI is InChI=1S/C13H26N2/c1-3-4-10(2)9-15-12-5-6-13(15)8-11(14)7-12/h10-13H,3-9,14H2,1-2H3. The lowest BCUT2D eigenvalue weighted by molar-refractivity contribution is 0.108. The van der Waals surface area contributed by atoms with Crippen LogP contribution < -0.4 is 5.73 Å². The van der Waals surface area contributed by atoms with E-state index in [-0.39, 0.29) is 0 Å². The number of fused-ring (bicyclic) bond motifs is 2. The highest BCUT2D eigenvalue weighted by molar-refractivity contribution is 4.96. The molecule has 2 heterocycles. The average molecular weight is 210 g/mol. The molecule has 2 heteroatoms. The zero-order valence-electron chi connectivity index (χ0n) is 10.3. The summed E-state index contributed by atoms with van der Waals surface area (Å²) >= 11 is 0. The van der Waals surface area contributed by atoms with Crippen molar-refractivity contribution in [2.24, 2.45) is 11.7 Å². The number of nitrogens with two attached hydrogens (primary N) is 1. The third-order valence-corrected chi connectivity index (χ3v) is 4.22. The Kier molecular flexibility index (Phi) is 3.68. The van der Waals surface area contributed by atoms with Crippen LogP contribution in [-0.2, 0) is 0 Å². The molecule has 0 saturated carbocycles. The maximum absolute atomic E-state index is 6.08. The number of rotatable bonds is 4. The van der Waals surface area contributed by atoms with Crippen LogP contribution in [0.5, 0.6) is 0 Å². The quantitative estimate of drug-likeness (QED) is 0.772. The van der Waals surface area contributed by atoms with Crippen LogP contribution in [-0.4, -0.2) is 29.6 Å². The van der Waals surface area contributed by atoms with E-state index in [9.17, 15) is 0 Å². The Morgan fingerprint density at radius 2 is 1.87 bits per heavy atom. The van der Waals surface area contributed by atoms with Crippen molar-refractivity contribution in [1.82, 2.24) is 4.90 Å². The van der Waals surface area contributed by atoms with E-state index in [1.54, 1.807) is 0 Å². The van der Waals surface area contributed by atoms with Gasteiger partial charge in [-0.2, -0.15) is 0 Å². The molecule has 2 rings (SSSR count). The van der Waals surface area contributed by atoms with Crippen molar-refractivity contribution in [3.8, 4) is 0 Å². The highest BCUT2D eigenvalue weighted by Gasteiger charge is 2.39. The normalized spacial score (nSPS) is 38.2. The number of hydrogen-bond acceptors (Lipinski definition) is 2. The van der Waals surface area contributed by atoms with Gasteiger partial charge in [0, 0.05) is 24.7 Å². The lowest BCUT2D eigenvalue weighted by Gasteiger charge is -2.39. The Bertz CT molecular complexity index is 191. The largest absolute Gasteiger partial charge is 0.328 e. The Labute approximate surface area is 94.2 Å². The lowest BCUT2D eigenvalue weighted by Crippen LogP contribution is -2.48. The first kappa shape index (κ1) is 11.4. The zero-order valence-corrected chi connectivity index (χ0v) is 10.3. The Balaban J connectivity index is 1.88. The van der Waals surface area contributed by atoms with Crippen molar-refractivity contribution < 1.29 is 0 Å². The lowest BCUT2D eigenvalue weighted by atomic mass is 9.96. The summed E-state index contributed by atoms with van der Waals surface area (Å²) in [5.41, 5.74) is 6.08. The molecule has 2 nitrogen and oxygen atoms in total. The van der Waals surface area contributed by atoms with Crippen LogP contribution in [0.4, 0.5) is 0 Å². The van der Waals surface area contributed by atoms with E-state index in [0.29, 0.717) is 6.04 Å². The van der Waals surface area contributed by atoms with Gasteiger partial charge in [0.25, 0.3) is 0 Å². The van der Waals surface area contributed by atoms with E-state index in [2.05, 4.69) is 18.7 Å². The van der Waals surface area contributed by atoms with Gasteiger partial charge < -0.3 is 5.73 Å². The van der Waals surface area contributed by atoms with Gasteiger partial charge in [0.1, 0.15) is 0 Å². The molecular formula is C13H26N2. The number of nitrogens with zero attached hydrogens (tertiary/aromatic N) is 1. The van der Waals surface area contributed by atoms with Crippen molar-refractivity contribution in [3.63, 3.8) is 0 Å². The predicted molar refractivity (Wildman–Crippen MR) is 64.8 cm³/mol. The summed E-state index contributed by atoms with van der Waals surface area (Å²) in [5, 5.41) is 0. The van der Waals surface area contributed by atoms with E-state index in [0.717, 1.165) is 18.0 Å². The molecule has 2 aliphatic heterocycles. The summed E-state index contributed by atoms with van der Waals surface area (Å²) in [6, 6.07) is 2.12. The van der Waals surface area contributed by atoms with Gasteiger partial charge in [-0.1, -0.05) is 20.3 Å². The third-order valence-electron chi connectivity index (χ3n) is 4.22. The SMILES string of the molecule is CCCC(C)CN1C2CCC1CC(N)C2. The maximum atomic E-state index is 6.08. The highest BCUT2D eigenvalue weighted by atomic mass is 15.2. The number of hydrogen-bond donors (Lipinski definition) is 1. The van der Waals surface area contributed by atoms with Crippen LogP contribution in [0.25, 0.3) is 0 Å². The molecule has 15 heavy (non-hydrogen) atoms. The molecule has 2 N–H and O–H groups in total. The molecule has 0 aliphatic carbocycles. The fraction of sp³-hybridized carbons (Fsp3) is 1.00. The molecule has 0 aromatic carbocycles. The summed E-state index contributed by atoms with van der Waals surface area (Å²) in [4.78, 5) is 2.77. The third kappa shape index (κ3) is 2.54. The minimum Gasteiger partial charge on any atom is -0.328 e. The first-order valence-corrected chi connectivity index (χ1v) is 6.72. The highest BCUT2D eigenvalue weighted by Crippen LogP contribution is 2.35. The molecule has 2 saturated heterocycles. The van der Waals surface area contributed by atoms with E-state index in [4.69, 9.17) is 5.73 Å². The molecule has 3 atom stereocenters. The summed E-state index contributed by atoms with van der Waals surface area (Å²) < 4.78 is 0. The second-order valence-electron chi connectivity index (χ2n) is 5.71. The second kappa shape index (κ2) is 4.84. The van der Waals surface area contributed by atoms with Crippen molar-refractivity contribution in [2.75, 3.05) is 6.54 Å². The van der Waals surface area contributed by atoms with Crippen LogP contribution in [0, 0.1) is 5.92 Å². The fourth-order valence-electron chi connectivity index (χ4n) is 3.56.